The van der Waals surface area contributed by atoms with Crippen LogP contribution >= 0.6 is 11.3 Å². The van der Waals surface area contributed by atoms with Crippen LogP contribution in [-0.4, -0.2) is 48.9 Å². The van der Waals surface area contributed by atoms with Gasteiger partial charge in [-0.2, -0.15) is 0 Å². The Morgan fingerprint density at radius 3 is 2.71 bits per heavy atom. The third kappa shape index (κ3) is 6.57. The van der Waals surface area contributed by atoms with Gasteiger partial charge in [0.05, 0.1) is 6.54 Å². The zero-order chi connectivity index (χ0) is 15.7. The monoisotopic (exact) mass is 311 g/mol. The second kappa shape index (κ2) is 9.33. The summed E-state index contributed by atoms with van der Waals surface area (Å²) in [4.78, 5) is 23.1. The summed E-state index contributed by atoms with van der Waals surface area (Å²) in [6.07, 6.45) is 3.91. The molecule has 0 spiro atoms. The molecule has 118 valence electrons. The van der Waals surface area contributed by atoms with Crippen LogP contribution in [0.25, 0.3) is 0 Å². The standard InChI is InChI=1S/C14H25N5OS/c1-5-7-15-14(18-10-13(20)19(3)4)17-9-12-16-8-11(6-2)21-12/h8H,5-7,9-10H2,1-4H3,(H2,15,17,18). The molecule has 7 heteroatoms. The largest absolute Gasteiger partial charge is 0.356 e. The second-order valence-corrected chi connectivity index (χ2v) is 6.01. The van der Waals surface area contributed by atoms with E-state index in [1.165, 1.54) is 9.78 Å². The van der Waals surface area contributed by atoms with Gasteiger partial charge in [0, 0.05) is 31.7 Å². The lowest BCUT2D eigenvalue weighted by atomic mass is 10.4. The van der Waals surface area contributed by atoms with Crippen LogP contribution < -0.4 is 10.6 Å². The molecule has 1 amide bonds. The maximum Gasteiger partial charge on any atom is 0.243 e. The molecule has 0 bridgehead atoms. The number of thiazole rings is 1. The summed E-state index contributed by atoms with van der Waals surface area (Å²) >= 11 is 1.70. The van der Waals surface area contributed by atoms with Crippen LogP contribution in [0.5, 0.6) is 0 Å². The normalized spacial score (nSPS) is 11.3. The molecule has 0 radical (unpaired) electrons. The molecule has 0 fully saturated rings. The Labute approximate surface area is 130 Å². The smallest absolute Gasteiger partial charge is 0.243 e. The first-order valence-electron chi connectivity index (χ1n) is 7.22. The zero-order valence-corrected chi connectivity index (χ0v) is 14.1. The third-order valence-electron chi connectivity index (χ3n) is 2.77. The molecule has 0 unspecified atom stereocenters. The van der Waals surface area contributed by atoms with Gasteiger partial charge in [-0.25, -0.2) is 9.98 Å². The summed E-state index contributed by atoms with van der Waals surface area (Å²) < 4.78 is 0. The Bertz CT molecular complexity index is 470. The highest BCUT2D eigenvalue weighted by Gasteiger charge is 2.05. The van der Waals surface area contributed by atoms with Crippen molar-refractivity contribution in [3.05, 3.63) is 16.1 Å². The van der Waals surface area contributed by atoms with Crippen LogP contribution in [0, 0.1) is 0 Å². The highest BCUT2D eigenvalue weighted by atomic mass is 32.1. The van der Waals surface area contributed by atoms with Crippen molar-refractivity contribution in [3.8, 4) is 0 Å². The van der Waals surface area contributed by atoms with Crippen LogP contribution in [0.3, 0.4) is 0 Å². The first kappa shape index (κ1) is 17.4. The molecule has 0 aliphatic heterocycles. The van der Waals surface area contributed by atoms with Crippen molar-refractivity contribution in [2.45, 2.75) is 33.2 Å². The summed E-state index contributed by atoms with van der Waals surface area (Å²) in [5, 5.41) is 7.44. The van der Waals surface area contributed by atoms with Crippen molar-refractivity contribution in [2.24, 2.45) is 4.99 Å². The topological polar surface area (TPSA) is 69.6 Å². The van der Waals surface area contributed by atoms with Gasteiger partial charge < -0.3 is 15.5 Å². The van der Waals surface area contributed by atoms with Gasteiger partial charge in [0.25, 0.3) is 0 Å². The average molecular weight is 311 g/mol. The molecule has 0 aromatic carbocycles. The zero-order valence-electron chi connectivity index (χ0n) is 13.3. The Balaban J connectivity index is 2.56. The number of carbonyl (C=O) groups is 1. The van der Waals surface area contributed by atoms with Crippen LogP contribution in [0.15, 0.2) is 11.2 Å². The minimum absolute atomic E-state index is 0.0184. The summed E-state index contributed by atoms with van der Waals surface area (Å²) in [6.45, 7) is 5.79. The first-order chi connectivity index (χ1) is 10.1. The summed E-state index contributed by atoms with van der Waals surface area (Å²) in [6, 6.07) is 0. The van der Waals surface area contributed by atoms with Crippen LogP contribution in [0.1, 0.15) is 30.2 Å². The van der Waals surface area contributed by atoms with E-state index in [0.717, 1.165) is 24.4 Å². The van der Waals surface area contributed by atoms with Crippen molar-refractivity contribution in [1.82, 2.24) is 20.5 Å². The van der Waals surface area contributed by atoms with Gasteiger partial charge in [-0.15, -0.1) is 11.3 Å². The fourth-order valence-corrected chi connectivity index (χ4v) is 2.26. The second-order valence-electron chi connectivity index (χ2n) is 4.81. The maximum atomic E-state index is 11.6. The maximum absolute atomic E-state index is 11.6. The Morgan fingerprint density at radius 2 is 2.14 bits per heavy atom. The van der Waals surface area contributed by atoms with Crippen molar-refractivity contribution >= 4 is 23.2 Å². The van der Waals surface area contributed by atoms with E-state index in [2.05, 4.69) is 34.5 Å². The van der Waals surface area contributed by atoms with Crippen LogP contribution in [0.4, 0.5) is 0 Å². The van der Waals surface area contributed by atoms with Gasteiger partial charge in [0.15, 0.2) is 5.96 Å². The molecule has 0 atom stereocenters. The van der Waals surface area contributed by atoms with Gasteiger partial charge in [-0.1, -0.05) is 13.8 Å². The number of aliphatic imine (C=N–C) groups is 1. The molecule has 1 rings (SSSR count). The predicted octanol–water partition coefficient (Wildman–Crippen LogP) is 1.24. The quantitative estimate of drug-likeness (QED) is 0.587. The summed E-state index contributed by atoms with van der Waals surface area (Å²) in [5.74, 6) is 0.635. The SMILES string of the molecule is CCCNC(=NCC(=O)N(C)C)NCc1ncc(CC)s1. The number of aryl methyl sites for hydroxylation is 1. The number of aromatic nitrogens is 1. The molecule has 0 saturated carbocycles. The number of carbonyl (C=O) groups excluding carboxylic acids is 1. The van der Waals surface area contributed by atoms with Gasteiger partial charge in [-0.05, 0) is 12.8 Å². The number of nitrogens with one attached hydrogen (secondary N) is 2. The number of nitrogens with zero attached hydrogens (tertiary/aromatic N) is 3. The molecule has 1 heterocycles. The molecule has 21 heavy (non-hydrogen) atoms. The van der Waals surface area contributed by atoms with Crippen molar-refractivity contribution in [1.29, 1.82) is 0 Å². The molecule has 1 aromatic heterocycles. The fraction of sp³-hybridized carbons (Fsp3) is 0.643. The van der Waals surface area contributed by atoms with Crippen molar-refractivity contribution in [3.63, 3.8) is 0 Å². The Morgan fingerprint density at radius 1 is 1.38 bits per heavy atom. The fourth-order valence-electron chi connectivity index (χ4n) is 1.46. The van der Waals surface area contributed by atoms with E-state index >= 15 is 0 Å². The summed E-state index contributed by atoms with van der Waals surface area (Å²) in [5.41, 5.74) is 0. The molecule has 0 saturated heterocycles. The summed E-state index contributed by atoms with van der Waals surface area (Å²) in [7, 11) is 3.46. The predicted molar refractivity (Wildman–Crippen MR) is 87.6 cm³/mol. The number of rotatable bonds is 7. The average Bonchev–Trinajstić information content (AvgIpc) is 2.94. The highest BCUT2D eigenvalue weighted by molar-refractivity contribution is 7.11. The lowest BCUT2D eigenvalue weighted by Gasteiger charge is -2.12. The van der Waals surface area contributed by atoms with Crippen molar-refractivity contribution < 1.29 is 4.79 Å². The number of hydrogen-bond acceptors (Lipinski definition) is 4. The minimum atomic E-state index is -0.0184. The number of hydrogen-bond donors (Lipinski definition) is 2. The number of likely N-dealkylation sites (N-methyl/N-ethyl adjacent to an activating group) is 1. The van der Waals surface area contributed by atoms with Gasteiger partial charge in [0.2, 0.25) is 5.91 Å². The molecule has 1 aromatic rings. The molecular weight excluding hydrogens is 286 g/mol. The Kier molecular flexibility index (Phi) is 7.74. The van der Waals surface area contributed by atoms with E-state index in [1.54, 1.807) is 25.4 Å². The number of amides is 1. The molecular formula is C14H25N5OS. The molecule has 0 aliphatic carbocycles. The molecule has 0 aliphatic rings. The van der Waals surface area contributed by atoms with Gasteiger partial charge in [-0.3, -0.25) is 4.79 Å². The van der Waals surface area contributed by atoms with Crippen LogP contribution in [0.2, 0.25) is 0 Å². The highest BCUT2D eigenvalue weighted by Crippen LogP contribution is 2.12. The van der Waals surface area contributed by atoms with E-state index in [1.807, 2.05) is 6.20 Å². The van der Waals surface area contributed by atoms with E-state index in [-0.39, 0.29) is 12.5 Å². The van der Waals surface area contributed by atoms with E-state index in [0.29, 0.717) is 12.5 Å². The third-order valence-corrected chi connectivity index (χ3v) is 3.91. The Hall–Kier alpha value is -1.63. The van der Waals surface area contributed by atoms with E-state index in [4.69, 9.17) is 0 Å². The van der Waals surface area contributed by atoms with Crippen molar-refractivity contribution in [2.75, 3.05) is 27.2 Å². The molecule has 6 nitrogen and oxygen atoms in total. The minimum Gasteiger partial charge on any atom is -0.356 e. The molecule has 2 N–H and O–H groups in total. The van der Waals surface area contributed by atoms with E-state index < -0.39 is 0 Å². The van der Waals surface area contributed by atoms with Gasteiger partial charge in [0.1, 0.15) is 11.6 Å². The lowest BCUT2D eigenvalue weighted by Crippen LogP contribution is -2.38. The van der Waals surface area contributed by atoms with E-state index in [9.17, 15) is 4.79 Å². The van der Waals surface area contributed by atoms with Gasteiger partial charge >= 0.3 is 0 Å². The number of guanidine groups is 1. The first-order valence-corrected chi connectivity index (χ1v) is 8.04. The van der Waals surface area contributed by atoms with Crippen LogP contribution in [-0.2, 0) is 17.8 Å². The lowest BCUT2D eigenvalue weighted by molar-refractivity contribution is -0.127.